The van der Waals surface area contributed by atoms with Crippen LogP contribution in [-0.4, -0.2) is 38.9 Å². The zero-order chi connectivity index (χ0) is 20.4. The molecule has 1 aliphatic rings. The minimum atomic E-state index is -1.28. The highest BCUT2D eigenvalue weighted by Crippen LogP contribution is 2.31. The fraction of sp³-hybridized carbons (Fsp3) is 0.263. The molecule has 2 aromatic rings. The van der Waals surface area contributed by atoms with Crippen molar-refractivity contribution in [2.75, 3.05) is 5.73 Å². The molecule has 0 radical (unpaired) electrons. The molecule has 1 fully saturated rings. The van der Waals surface area contributed by atoms with Crippen molar-refractivity contribution in [3.63, 3.8) is 0 Å². The summed E-state index contributed by atoms with van der Waals surface area (Å²) >= 11 is 0. The van der Waals surface area contributed by atoms with Crippen LogP contribution in [0.1, 0.15) is 24.1 Å². The molecule has 3 unspecified atom stereocenters. The Morgan fingerprint density at radius 1 is 1.32 bits per heavy atom. The fourth-order valence-corrected chi connectivity index (χ4v) is 3.22. The number of rotatable bonds is 5. The summed E-state index contributed by atoms with van der Waals surface area (Å²) < 4.78 is 13.0. The Labute approximate surface area is 160 Å². The molecule has 0 aliphatic carbocycles. The number of urea groups is 1. The highest BCUT2D eigenvalue weighted by Gasteiger charge is 2.54. The molecule has 8 nitrogen and oxygen atoms in total. The number of carbonyl (C=O) groups is 3. The molecule has 2 heterocycles. The van der Waals surface area contributed by atoms with Crippen molar-refractivity contribution in [2.24, 2.45) is 5.92 Å². The van der Waals surface area contributed by atoms with Crippen molar-refractivity contribution in [1.82, 2.24) is 15.2 Å². The Bertz CT molecular complexity index is 918. The van der Waals surface area contributed by atoms with Gasteiger partial charge in [0, 0.05) is 6.20 Å². The lowest BCUT2D eigenvalue weighted by Crippen LogP contribution is -2.68. The van der Waals surface area contributed by atoms with Gasteiger partial charge in [0.2, 0.25) is 5.91 Å². The zero-order valence-electron chi connectivity index (χ0n) is 15.0. The third kappa shape index (κ3) is 3.78. The number of anilines is 1. The third-order valence-corrected chi connectivity index (χ3v) is 4.70. The van der Waals surface area contributed by atoms with Gasteiger partial charge >= 0.3 is 12.0 Å². The molecule has 146 valence electrons. The first-order chi connectivity index (χ1) is 13.3. The van der Waals surface area contributed by atoms with E-state index in [1.54, 1.807) is 19.1 Å². The number of benzene rings is 1. The van der Waals surface area contributed by atoms with Gasteiger partial charge in [-0.15, -0.1) is 0 Å². The van der Waals surface area contributed by atoms with Crippen LogP contribution in [0.15, 0.2) is 42.6 Å². The smallest absolute Gasteiger partial charge is 0.327 e. The Morgan fingerprint density at radius 2 is 2.00 bits per heavy atom. The number of carbonyl (C=O) groups excluding carboxylic acids is 2. The van der Waals surface area contributed by atoms with E-state index < -0.39 is 41.7 Å². The number of carboxylic acids is 1. The number of halogens is 1. The average molecular weight is 386 g/mol. The first kappa shape index (κ1) is 19.3. The summed E-state index contributed by atoms with van der Waals surface area (Å²) in [6, 6.07) is 6.10. The van der Waals surface area contributed by atoms with E-state index in [0.717, 1.165) is 0 Å². The summed E-state index contributed by atoms with van der Waals surface area (Å²) in [7, 11) is 0. The van der Waals surface area contributed by atoms with Crippen LogP contribution < -0.4 is 11.1 Å². The van der Waals surface area contributed by atoms with Gasteiger partial charge in [-0.05, 0) is 48.7 Å². The number of nitrogens with one attached hydrogen (secondary N) is 1. The van der Waals surface area contributed by atoms with E-state index in [1.165, 1.54) is 30.5 Å². The van der Waals surface area contributed by atoms with Crippen LogP contribution in [0.2, 0.25) is 0 Å². The predicted molar refractivity (Wildman–Crippen MR) is 97.5 cm³/mol. The van der Waals surface area contributed by atoms with Gasteiger partial charge in [0.1, 0.15) is 11.6 Å². The Hall–Kier alpha value is -3.49. The Morgan fingerprint density at radius 3 is 2.61 bits per heavy atom. The van der Waals surface area contributed by atoms with Crippen molar-refractivity contribution in [3.8, 4) is 0 Å². The van der Waals surface area contributed by atoms with Gasteiger partial charge in [-0.1, -0.05) is 12.1 Å². The zero-order valence-corrected chi connectivity index (χ0v) is 15.0. The van der Waals surface area contributed by atoms with Gasteiger partial charge in [-0.2, -0.15) is 0 Å². The molecule has 28 heavy (non-hydrogen) atoms. The number of β-lactam (4-membered cyclic amide) rings is 1. The van der Waals surface area contributed by atoms with Gasteiger partial charge in [0.25, 0.3) is 0 Å². The van der Waals surface area contributed by atoms with Crippen molar-refractivity contribution in [3.05, 3.63) is 59.5 Å². The van der Waals surface area contributed by atoms with E-state index in [0.29, 0.717) is 16.0 Å². The average Bonchev–Trinajstić information content (AvgIpc) is 2.63. The number of aromatic nitrogens is 1. The second-order valence-corrected chi connectivity index (χ2v) is 6.61. The second kappa shape index (κ2) is 7.63. The summed E-state index contributed by atoms with van der Waals surface area (Å²) in [6.45, 7) is 1.66. The van der Waals surface area contributed by atoms with E-state index >= 15 is 0 Å². The predicted octanol–water partition coefficient (Wildman–Crippen LogP) is 1.73. The van der Waals surface area contributed by atoms with Crippen LogP contribution in [0.5, 0.6) is 0 Å². The van der Waals surface area contributed by atoms with E-state index in [1.807, 2.05) is 0 Å². The minimum absolute atomic E-state index is 0.139. The molecule has 3 rings (SSSR count). The lowest BCUT2D eigenvalue weighted by atomic mass is 9.82. The van der Waals surface area contributed by atoms with E-state index in [4.69, 9.17) is 5.73 Å². The van der Waals surface area contributed by atoms with Gasteiger partial charge in [-0.25, -0.2) is 23.9 Å². The summed E-state index contributed by atoms with van der Waals surface area (Å²) in [5, 5.41) is 12.1. The SMILES string of the molecule is CC(NC(=O)N1C(=O)C(Cc2ccnc(N)c2)C1C(=O)O)c1ccc(F)cc1. The molecular weight excluding hydrogens is 367 g/mol. The van der Waals surface area contributed by atoms with Crippen molar-refractivity contribution in [1.29, 1.82) is 0 Å². The summed E-state index contributed by atoms with van der Waals surface area (Å²) in [6.07, 6.45) is 1.61. The number of nitrogens with zero attached hydrogens (tertiary/aromatic N) is 2. The molecule has 4 N–H and O–H groups in total. The number of likely N-dealkylation sites (tertiary alicyclic amines) is 1. The molecule has 1 aromatic heterocycles. The number of amides is 3. The number of pyridine rings is 1. The number of carboxylic acid groups (broad SMARTS) is 1. The Balaban J connectivity index is 1.70. The van der Waals surface area contributed by atoms with Crippen LogP contribution in [0.3, 0.4) is 0 Å². The number of aliphatic carboxylic acids is 1. The molecule has 0 saturated carbocycles. The largest absolute Gasteiger partial charge is 0.480 e. The first-order valence-corrected chi connectivity index (χ1v) is 8.60. The quantitative estimate of drug-likeness (QED) is 0.672. The molecule has 1 aliphatic heterocycles. The maximum absolute atomic E-state index is 13.0. The fourth-order valence-electron chi connectivity index (χ4n) is 3.22. The molecule has 3 amide bonds. The summed E-state index contributed by atoms with van der Waals surface area (Å²) in [5.74, 6) is -2.86. The normalized spacial score (nSPS) is 19.6. The van der Waals surface area contributed by atoms with E-state index in [2.05, 4.69) is 10.3 Å². The highest BCUT2D eigenvalue weighted by atomic mass is 19.1. The number of hydrogen-bond acceptors (Lipinski definition) is 5. The van der Waals surface area contributed by atoms with Gasteiger partial charge in [-0.3, -0.25) is 4.79 Å². The van der Waals surface area contributed by atoms with Crippen LogP contribution in [-0.2, 0) is 16.0 Å². The van der Waals surface area contributed by atoms with E-state index in [-0.39, 0.29) is 12.2 Å². The molecule has 1 aromatic carbocycles. The van der Waals surface area contributed by atoms with Crippen molar-refractivity contribution < 1.29 is 23.9 Å². The Kier molecular flexibility index (Phi) is 5.25. The second-order valence-electron chi connectivity index (χ2n) is 6.61. The van der Waals surface area contributed by atoms with E-state index in [9.17, 15) is 23.9 Å². The van der Waals surface area contributed by atoms with Crippen LogP contribution in [0, 0.1) is 11.7 Å². The van der Waals surface area contributed by atoms with Gasteiger partial charge in [0.15, 0.2) is 6.04 Å². The molecule has 1 saturated heterocycles. The van der Waals surface area contributed by atoms with Gasteiger partial charge < -0.3 is 16.2 Å². The minimum Gasteiger partial charge on any atom is -0.480 e. The molecular formula is C19H19FN4O4. The maximum Gasteiger partial charge on any atom is 0.327 e. The number of imide groups is 1. The van der Waals surface area contributed by atoms with Crippen LogP contribution >= 0.6 is 0 Å². The van der Waals surface area contributed by atoms with Crippen molar-refractivity contribution >= 4 is 23.7 Å². The molecule has 0 spiro atoms. The number of hydrogen-bond donors (Lipinski definition) is 3. The third-order valence-electron chi connectivity index (χ3n) is 4.70. The highest BCUT2D eigenvalue weighted by molar-refractivity contribution is 6.07. The maximum atomic E-state index is 13.0. The lowest BCUT2D eigenvalue weighted by molar-refractivity contribution is -0.165. The van der Waals surface area contributed by atoms with Crippen LogP contribution in [0.25, 0.3) is 0 Å². The number of nitrogens with two attached hydrogens (primary N) is 1. The number of nitrogen functional groups attached to an aromatic ring is 1. The monoisotopic (exact) mass is 386 g/mol. The molecule has 3 atom stereocenters. The van der Waals surface area contributed by atoms with Crippen LogP contribution in [0.4, 0.5) is 15.0 Å². The van der Waals surface area contributed by atoms with Crippen molar-refractivity contribution in [2.45, 2.75) is 25.4 Å². The topological polar surface area (TPSA) is 126 Å². The molecule has 9 heteroatoms. The summed E-state index contributed by atoms with van der Waals surface area (Å²) in [5.41, 5.74) is 6.89. The first-order valence-electron chi connectivity index (χ1n) is 8.60. The lowest BCUT2D eigenvalue weighted by Gasteiger charge is -2.43. The molecule has 0 bridgehead atoms. The standard InChI is InChI=1S/C19H19FN4O4/c1-10(12-2-4-13(20)5-3-12)23-19(28)24-16(18(26)27)14(17(24)25)8-11-6-7-22-15(21)9-11/h2-7,9-10,14,16H,8H2,1H3,(H2,21,22)(H,23,28)(H,26,27). The van der Waals surface area contributed by atoms with Gasteiger partial charge in [0.05, 0.1) is 12.0 Å². The summed E-state index contributed by atoms with van der Waals surface area (Å²) in [4.78, 5) is 41.2.